The molecule has 336 valence electrons. The first-order valence-electron chi connectivity index (χ1n) is 20.6. The molecule has 2 bridgehead atoms. The predicted molar refractivity (Wildman–Crippen MR) is 218 cm³/mol. The van der Waals surface area contributed by atoms with Crippen molar-refractivity contribution in [2.24, 2.45) is 16.7 Å². The summed E-state index contributed by atoms with van der Waals surface area (Å²) in [5, 5.41) is 40.5. The fourth-order valence-corrected chi connectivity index (χ4v) is 10.0. The van der Waals surface area contributed by atoms with Gasteiger partial charge in [-0.25, -0.2) is 14.4 Å². The first-order valence-corrected chi connectivity index (χ1v) is 20.6. The quantitative estimate of drug-likeness (QED) is 0.157. The fraction of sp³-hybridized carbons (Fsp3) is 0.565. The molecule has 3 aliphatic carbocycles. The molecule has 16 nitrogen and oxygen atoms in total. The monoisotopic (exact) mass is 863 g/mol. The van der Waals surface area contributed by atoms with E-state index in [2.05, 4.69) is 5.32 Å². The number of alkyl carbamates (subject to hydrolysis) is 1. The van der Waals surface area contributed by atoms with Gasteiger partial charge in [0.1, 0.15) is 29.5 Å². The Morgan fingerprint density at radius 3 is 2.02 bits per heavy atom. The van der Waals surface area contributed by atoms with E-state index in [-0.39, 0.29) is 29.7 Å². The maximum Gasteiger partial charge on any atom is 0.408 e. The van der Waals surface area contributed by atoms with Gasteiger partial charge in [-0.1, -0.05) is 62.4 Å². The van der Waals surface area contributed by atoms with Crippen molar-refractivity contribution >= 4 is 35.8 Å². The lowest BCUT2D eigenvalue weighted by molar-refractivity contribution is -0.346. The van der Waals surface area contributed by atoms with Crippen LogP contribution in [0.15, 0.2) is 71.8 Å². The van der Waals surface area contributed by atoms with E-state index in [0.29, 0.717) is 5.56 Å². The van der Waals surface area contributed by atoms with Gasteiger partial charge in [-0.2, -0.15) is 0 Å². The second-order valence-electron chi connectivity index (χ2n) is 18.8. The maximum absolute atomic E-state index is 15.5. The summed E-state index contributed by atoms with van der Waals surface area (Å²) in [6.07, 6.45) is -9.53. The van der Waals surface area contributed by atoms with Gasteiger partial charge in [-0.05, 0) is 70.4 Å². The lowest BCUT2D eigenvalue weighted by Crippen LogP contribution is -2.82. The van der Waals surface area contributed by atoms with Gasteiger partial charge >= 0.3 is 30.0 Å². The van der Waals surface area contributed by atoms with E-state index in [0.717, 1.165) is 20.8 Å². The van der Waals surface area contributed by atoms with Crippen LogP contribution in [0.3, 0.4) is 0 Å². The molecule has 4 N–H and O–H groups in total. The van der Waals surface area contributed by atoms with Crippen molar-refractivity contribution in [1.82, 2.24) is 5.32 Å². The van der Waals surface area contributed by atoms with Crippen LogP contribution in [-0.4, -0.2) is 111 Å². The van der Waals surface area contributed by atoms with Gasteiger partial charge in [0.25, 0.3) is 0 Å². The molecule has 0 unspecified atom stereocenters. The minimum Gasteiger partial charge on any atom is -0.456 e. The summed E-state index contributed by atoms with van der Waals surface area (Å²) in [6, 6.07) is 14.5. The summed E-state index contributed by atoms with van der Waals surface area (Å²) in [5.41, 5.74) is -10.9. The van der Waals surface area contributed by atoms with Crippen LogP contribution < -0.4 is 5.32 Å². The number of ketones is 1. The van der Waals surface area contributed by atoms with Crippen LogP contribution in [-0.2, 0) is 47.6 Å². The van der Waals surface area contributed by atoms with E-state index in [1.165, 1.54) is 26.0 Å². The summed E-state index contributed by atoms with van der Waals surface area (Å²) < 4.78 is 35.8. The number of aliphatic hydroxyl groups excluding tert-OH is 1. The molecule has 0 spiro atoms. The molecule has 2 aromatic carbocycles. The van der Waals surface area contributed by atoms with Crippen molar-refractivity contribution in [2.75, 3.05) is 6.61 Å². The fourth-order valence-electron chi connectivity index (χ4n) is 10.0. The van der Waals surface area contributed by atoms with Crippen LogP contribution >= 0.6 is 0 Å². The normalized spacial score (nSPS) is 32.7. The molecule has 4 aliphatic rings. The van der Waals surface area contributed by atoms with Crippen molar-refractivity contribution in [3.63, 3.8) is 0 Å². The number of amides is 1. The Bertz CT molecular complexity index is 2140. The molecule has 1 aliphatic heterocycles. The number of rotatable bonds is 9. The lowest BCUT2D eigenvalue weighted by atomic mass is 9.44. The maximum atomic E-state index is 15.5. The second-order valence-corrected chi connectivity index (χ2v) is 18.8. The average Bonchev–Trinajstić information content (AvgIpc) is 3.17. The molecule has 2 aromatic rings. The zero-order valence-electron chi connectivity index (χ0n) is 36.7. The zero-order chi connectivity index (χ0) is 46.0. The number of carbonyl (C=O) groups is 6. The molecular formula is C46H57NO15. The molecule has 0 radical (unpaired) electrons. The van der Waals surface area contributed by atoms with Gasteiger partial charge in [0.15, 0.2) is 23.1 Å². The van der Waals surface area contributed by atoms with Crippen LogP contribution in [0.4, 0.5) is 4.79 Å². The number of ether oxygens (including phenoxy) is 6. The van der Waals surface area contributed by atoms with Crippen molar-refractivity contribution in [2.45, 2.75) is 141 Å². The third kappa shape index (κ3) is 7.79. The van der Waals surface area contributed by atoms with Gasteiger partial charge in [0.05, 0.1) is 35.6 Å². The Hall–Kier alpha value is -5.16. The van der Waals surface area contributed by atoms with Gasteiger partial charge in [-0.15, -0.1) is 0 Å². The number of Topliss-reactive ketones (excluding diaryl/α,β-unsaturated/α-hetero) is 1. The minimum absolute atomic E-state index is 0.0171. The molecule has 1 heterocycles. The highest BCUT2D eigenvalue weighted by Crippen LogP contribution is 2.64. The minimum atomic E-state index is -2.53. The van der Waals surface area contributed by atoms with Gasteiger partial charge in [0.2, 0.25) is 0 Å². The highest BCUT2D eigenvalue weighted by molar-refractivity contribution is 5.95. The first-order chi connectivity index (χ1) is 28.7. The predicted octanol–water partition coefficient (Wildman–Crippen LogP) is 4.22. The molecule has 1 saturated heterocycles. The van der Waals surface area contributed by atoms with E-state index in [1.807, 2.05) is 0 Å². The molecule has 1 amide bonds. The number of hydrogen-bond donors (Lipinski definition) is 4. The van der Waals surface area contributed by atoms with Crippen molar-refractivity contribution in [3.05, 3.63) is 82.9 Å². The molecule has 2 saturated carbocycles. The summed E-state index contributed by atoms with van der Waals surface area (Å²) in [4.78, 5) is 83.5. The Labute approximate surface area is 360 Å². The number of hydrogen-bond acceptors (Lipinski definition) is 15. The van der Waals surface area contributed by atoms with Crippen molar-refractivity contribution < 1.29 is 72.5 Å². The van der Waals surface area contributed by atoms with E-state index < -0.39 is 118 Å². The number of aliphatic hydroxyl groups is 3. The van der Waals surface area contributed by atoms with E-state index >= 15 is 4.79 Å². The van der Waals surface area contributed by atoms with Crippen molar-refractivity contribution in [1.29, 1.82) is 0 Å². The lowest BCUT2D eigenvalue weighted by Gasteiger charge is -2.67. The van der Waals surface area contributed by atoms with E-state index in [9.17, 15) is 39.3 Å². The number of benzene rings is 2. The zero-order valence-corrected chi connectivity index (χ0v) is 36.7. The Morgan fingerprint density at radius 1 is 0.887 bits per heavy atom. The van der Waals surface area contributed by atoms with Crippen LogP contribution in [0, 0.1) is 16.7 Å². The Kier molecular flexibility index (Phi) is 12.1. The number of carbonyl (C=O) groups excluding carboxylic acids is 6. The first kappa shape index (κ1) is 46.3. The standard InChI is InChI=1S/C46H57NO15/c1-24-29(59-39(53)44(10,55)35(27-17-13-11-14-18-27)47-40(54)62-41(4,5)6)22-46(56)37(60-38(52)28-19-15-12-16-20-28)34-43(9,30(50)21-31-45(34,23-57-31)61-26(3)49)36(51)33(58-25(2)48)32(24)42(46,7)8/h11-20,29-31,33-35,37,50,55-56H,21-23H2,1-10H3,(H,47,54)/t29-,30-,31+,33+,34-,35-,37-,43+,44+,45-,46+/m0/s1. The van der Waals surface area contributed by atoms with Crippen LogP contribution in [0.5, 0.6) is 0 Å². The Balaban J connectivity index is 1.56. The SMILES string of the molecule is CC(=O)O[C@H]1C(=O)[C@@]2(C)[C@H]([C@H](OC(=O)c3ccccc3)[C@]3(O)C[C@H](OC(=O)[C@](C)(O)[C@@H](NC(=O)OC(C)(C)C)c4ccccc4)C(C)=C1C3(C)C)[C@]1(OC(C)=O)CO[C@@H]1C[C@@H]2O. The smallest absolute Gasteiger partial charge is 0.408 e. The number of esters is 4. The Morgan fingerprint density at radius 2 is 1.48 bits per heavy atom. The van der Waals surface area contributed by atoms with Crippen molar-refractivity contribution in [3.8, 4) is 0 Å². The summed E-state index contributed by atoms with van der Waals surface area (Å²) in [6.45, 7) is 14.0. The average molecular weight is 864 g/mol. The highest BCUT2D eigenvalue weighted by atomic mass is 16.6. The van der Waals surface area contributed by atoms with Gasteiger partial charge in [0, 0.05) is 32.1 Å². The summed E-state index contributed by atoms with van der Waals surface area (Å²) in [7, 11) is 0. The van der Waals surface area contributed by atoms with E-state index in [1.54, 1.807) is 83.1 Å². The largest absolute Gasteiger partial charge is 0.456 e. The molecule has 0 aromatic heterocycles. The van der Waals surface area contributed by atoms with Gasteiger partial charge < -0.3 is 49.1 Å². The third-order valence-corrected chi connectivity index (χ3v) is 13.2. The number of fused-ring (bicyclic) bond motifs is 5. The van der Waals surface area contributed by atoms with Crippen LogP contribution in [0.2, 0.25) is 0 Å². The molecule has 3 fully saturated rings. The molecule has 11 atom stereocenters. The second kappa shape index (κ2) is 16.2. The highest BCUT2D eigenvalue weighted by Gasteiger charge is 2.78. The van der Waals surface area contributed by atoms with Gasteiger partial charge in [-0.3, -0.25) is 14.4 Å². The molecule has 16 heteroatoms. The molecule has 62 heavy (non-hydrogen) atoms. The van der Waals surface area contributed by atoms with Crippen LogP contribution in [0.25, 0.3) is 0 Å². The summed E-state index contributed by atoms with van der Waals surface area (Å²) >= 11 is 0. The number of nitrogens with one attached hydrogen (secondary N) is 1. The topological polar surface area (TPSA) is 231 Å². The third-order valence-electron chi connectivity index (χ3n) is 13.2. The molecule has 6 rings (SSSR count). The van der Waals surface area contributed by atoms with Crippen LogP contribution in [0.1, 0.15) is 104 Å². The summed E-state index contributed by atoms with van der Waals surface area (Å²) in [5.74, 6) is -6.34. The molecular weight excluding hydrogens is 806 g/mol. The van der Waals surface area contributed by atoms with E-state index in [4.69, 9.17) is 28.4 Å².